The van der Waals surface area contributed by atoms with E-state index >= 15 is 0 Å². The normalized spacial score (nSPS) is 14.4. The Morgan fingerprint density at radius 1 is 1.10 bits per heavy atom. The molecular formula is C21H19N5O3S. The number of benzene rings is 1. The summed E-state index contributed by atoms with van der Waals surface area (Å²) in [6.45, 7) is 4.29. The number of nitrogens with zero attached hydrogens (tertiary/aromatic N) is 5. The molecule has 0 aliphatic carbocycles. The molecular weight excluding hydrogens is 402 g/mol. The Bertz CT molecular complexity index is 1270. The number of carbonyl (C=O) groups excluding carboxylic acids is 1. The summed E-state index contributed by atoms with van der Waals surface area (Å²) in [7, 11) is 0. The number of rotatable bonds is 3. The van der Waals surface area contributed by atoms with Gasteiger partial charge in [0, 0.05) is 37.8 Å². The molecule has 0 saturated carbocycles. The van der Waals surface area contributed by atoms with Crippen molar-refractivity contribution < 1.29 is 9.21 Å². The van der Waals surface area contributed by atoms with E-state index in [-0.39, 0.29) is 11.5 Å². The number of aromatic nitrogens is 3. The molecule has 4 aromatic rings. The zero-order valence-electron chi connectivity index (χ0n) is 16.3. The molecule has 0 atom stereocenters. The van der Waals surface area contributed by atoms with Gasteiger partial charge in [0.2, 0.25) is 4.96 Å². The fourth-order valence-electron chi connectivity index (χ4n) is 3.58. The lowest BCUT2D eigenvalue weighted by atomic mass is 10.1. The van der Waals surface area contributed by atoms with E-state index in [4.69, 9.17) is 4.42 Å². The summed E-state index contributed by atoms with van der Waals surface area (Å²) < 4.78 is 6.56. The maximum absolute atomic E-state index is 12.7. The Morgan fingerprint density at radius 3 is 2.63 bits per heavy atom. The Balaban J connectivity index is 1.39. The van der Waals surface area contributed by atoms with Gasteiger partial charge in [-0.05, 0) is 24.6 Å². The maximum atomic E-state index is 12.7. The molecule has 5 rings (SSSR count). The SMILES string of the molecule is Cc1ccccc1-c1nn2c(=O)cc(N3CCN(C(=O)c4ccco4)CC3)nc2s1. The van der Waals surface area contributed by atoms with Crippen LogP contribution in [0.25, 0.3) is 15.5 Å². The summed E-state index contributed by atoms with van der Waals surface area (Å²) in [6, 6.07) is 12.8. The van der Waals surface area contributed by atoms with E-state index in [9.17, 15) is 9.59 Å². The number of piperazine rings is 1. The van der Waals surface area contributed by atoms with Crippen molar-refractivity contribution in [3.05, 3.63) is 70.4 Å². The first-order valence-electron chi connectivity index (χ1n) is 9.65. The van der Waals surface area contributed by atoms with E-state index in [1.54, 1.807) is 17.0 Å². The minimum Gasteiger partial charge on any atom is -0.459 e. The van der Waals surface area contributed by atoms with Crippen molar-refractivity contribution in [2.24, 2.45) is 0 Å². The number of hydrogen-bond donors (Lipinski definition) is 0. The van der Waals surface area contributed by atoms with Crippen molar-refractivity contribution >= 4 is 28.0 Å². The summed E-state index contributed by atoms with van der Waals surface area (Å²) in [4.78, 5) is 34.1. The second kappa shape index (κ2) is 7.42. The third-order valence-corrected chi connectivity index (χ3v) is 6.17. The topological polar surface area (TPSA) is 84.0 Å². The standard InChI is InChI=1S/C21H19N5O3S/c1-14-5-2-3-6-15(14)19-23-26-18(27)13-17(22-21(26)30-19)24-8-10-25(11-9-24)20(28)16-7-4-12-29-16/h2-7,12-13H,8-11H2,1H3. The first-order valence-corrected chi connectivity index (χ1v) is 10.5. The molecule has 0 N–H and O–H groups in total. The third-order valence-electron chi connectivity index (χ3n) is 5.23. The van der Waals surface area contributed by atoms with Crippen LogP contribution in [0.5, 0.6) is 0 Å². The highest BCUT2D eigenvalue weighted by Crippen LogP contribution is 2.27. The quantitative estimate of drug-likeness (QED) is 0.506. The second-order valence-corrected chi connectivity index (χ2v) is 8.08. The van der Waals surface area contributed by atoms with Gasteiger partial charge >= 0.3 is 0 Å². The van der Waals surface area contributed by atoms with Crippen molar-refractivity contribution in [1.29, 1.82) is 0 Å². The van der Waals surface area contributed by atoms with Crippen LogP contribution in [0.1, 0.15) is 16.1 Å². The van der Waals surface area contributed by atoms with Gasteiger partial charge in [-0.2, -0.15) is 9.61 Å². The van der Waals surface area contributed by atoms with E-state index in [0.29, 0.717) is 42.7 Å². The summed E-state index contributed by atoms with van der Waals surface area (Å²) in [5.41, 5.74) is 1.89. The van der Waals surface area contributed by atoms with E-state index in [0.717, 1.165) is 16.1 Å². The highest BCUT2D eigenvalue weighted by Gasteiger charge is 2.25. The highest BCUT2D eigenvalue weighted by atomic mass is 32.1. The monoisotopic (exact) mass is 421 g/mol. The van der Waals surface area contributed by atoms with Gasteiger partial charge in [-0.3, -0.25) is 9.59 Å². The van der Waals surface area contributed by atoms with E-state index < -0.39 is 0 Å². The smallest absolute Gasteiger partial charge is 0.289 e. The van der Waals surface area contributed by atoms with E-state index in [1.807, 2.05) is 36.1 Å². The molecule has 9 heteroatoms. The minimum absolute atomic E-state index is 0.117. The van der Waals surface area contributed by atoms with Crippen molar-refractivity contribution in [3.8, 4) is 10.6 Å². The summed E-state index contributed by atoms with van der Waals surface area (Å²) in [5.74, 6) is 0.841. The molecule has 0 unspecified atom stereocenters. The number of anilines is 1. The number of furan rings is 1. The van der Waals surface area contributed by atoms with Crippen LogP contribution in [-0.2, 0) is 0 Å². The van der Waals surface area contributed by atoms with Crippen LogP contribution in [0.2, 0.25) is 0 Å². The third kappa shape index (κ3) is 3.26. The lowest BCUT2D eigenvalue weighted by Gasteiger charge is -2.34. The number of amides is 1. The van der Waals surface area contributed by atoms with Gasteiger partial charge in [0.15, 0.2) is 5.76 Å². The molecule has 8 nitrogen and oxygen atoms in total. The number of aryl methyl sites for hydroxylation is 1. The van der Waals surface area contributed by atoms with Gasteiger partial charge in [-0.1, -0.05) is 35.6 Å². The van der Waals surface area contributed by atoms with Crippen LogP contribution in [-0.4, -0.2) is 51.6 Å². The molecule has 1 aliphatic rings. The van der Waals surface area contributed by atoms with Crippen LogP contribution in [0, 0.1) is 6.92 Å². The van der Waals surface area contributed by atoms with Crippen LogP contribution < -0.4 is 10.5 Å². The zero-order valence-corrected chi connectivity index (χ0v) is 17.1. The predicted molar refractivity (Wildman–Crippen MR) is 114 cm³/mol. The van der Waals surface area contributed by atoms with Crippen molar-refractivity contribution in [2.45, 2.75) is 6.92 Å². The molecule has 1 aliphatic heterocycles. The Hall–Kier alpha value is -3.46. The summed E-state index contributed by atoms with van der Waals surface area (Å²) >= 11 is 1.40. The second-order valence-electron chi connectivity index (χ2n) is 7.13. The molecule has 1 amide bonds. The summed E-state index contributed by atoms with van der Waals surface area (Å²) in [6.07, 6.45) is 1.50. The van der Waals surface area contributed by atoms with Gasteiger partial charge < -0.3 is 14.2 Å². The first-order chi connectivity index (χ1) is 14.6. The van der Waals surface area contributed by atoms with Gasteiger partial charge in [0.05, 0.1) is 6.26 Å². The molecule has 30 heavy (non-hydrogen) atoms. The molecule has 3 aromatic heterocycles. The number of carbonyl (C=O) groups is 1. The molecule has 0 spiro atoms. The molecule has 1 aromatic carbocycles. The predicted octanol–water partition coefficient (Wildman–Crippen LogP) is 2.68. The molecule has 0 bridgehead atoms. The Kier molecular flexibility index (Phi) is 4.59. The molecule has 0 radical (unpaired) electrons. The van der Waals surface area contributed by atoms with Crippen molar-refractivity contribution in [2.75, 3.05) is 31.1 Å². The summed E-state index contributed by atoms with van der Waals surface area (Å²) in [5, 5.41) is 5.24. The minimum atomic E-state index is -0.208. The molecule has 1 fully saturated rings. The van der Waals surface area contributed by atoms with Crippen molar-refractivity contribution in [3.63, 3.8) is 0 Å². The Morgan fingerprint density at radius 2 is 1.90 bits per heavy atom. The highest BCUT2D eigenvalue weighted by molar-refractivity contribution is 7.19. The Labute approximate surface area is 176 Å². The van der Waals surface area contributed by atoms with Crippen molar-refractivity contribution in [1.82, 2.24) is 19.5 Å². The zero-order chi connectivity index (χ0) is 20.7. The molecule has 4 heterocycles. The largest absolute Gasteiger partial charge is 0.459 e. The number of fused-ring (bicyclic) bond motifs is 1. The van der Waals surface area contributed by atoms with Crippen LogP contribution in [0.15, 0.2) is 57.9 Å². The molecule has 1 saturated heterocycles. The van der Waals surface area contributed by atoms with E-state index in [1.165, 1.54) is 28.2 Å². The van der Waals surface area contributed by atoms with Crippen LogP contribution >= 0.6 is 11.3 Å². The van der Waals surface area contributed by atoms with E-state index in [2.05, 4.69) is 10.1 Å². The first kappa shape index (κ1) is 18.6. The maximum Gasteiger partial charge on any atom is 0.289 e. The van der Waals surface area contributed by atoms with Crippen LogP contribution in [0.4, 0.5) is 5.82 Å². The lowest BCUT2D eigenvalue weighted by molar-refractivity contribution is 0.0714. The fourth-order valence-corrected chi connectivity index (χ4v) is 4.57. The average Bonchev–Trinajstić information content (AvgIpc) is 3.44. The number of hydrogen-bond acceptors (Lipinski definition) is 7. The lowest BCUT2D eigenvalue weighted by Crippen LogP contribution is -2.49. The average molecular weight is 421 g/mol. The van der Waals surface area contributed by atoms with Gasteiger partial charge in [0.25, 0.3) is 11.5 Å². The van der Waals surface area contributed by atoms with Gasteiger partial charge in [0.1, 0.15) is 10.8 Å². The molecule has 152 valence electrons. The van der Waals surface area contributed by atoms with Gasteiger partial charge in [-0.15, -0.1) is 0 Å². The van der Waals surface area contributed by atoms with Crippen LogP contribution in [0.3, 0.4) is 0 Å². The van der Waals surface area contributed by atoms with Gasteiger partial charge in [-0.25, -0.2) is 4.98 Å². The fraction of sp³-hybridized carbons (Fsp3) is 0.238.